The average Bonchev–Trinajstić information content (AvgIpc) is 2.04. The molecule has 0 saturated carbocycles. The largest absolute Gasteiger partial charge is 0.496 e. The van der Waals surface area contributed by atoms with Gasteiger partial charge in [0.1, 0.15) is 5.76 Å². The molecule has 0 aliphatic heterocycles. The van der Waals surface area contributed by atoms with Crippen molar-refractivity contribution in [3.05, 3.63) is 23.6 Å². The van der Waals surface area contributed by atoms with Crippen LogP contribution in [0, 0.1) is 11.3 Å². The van der Waals surface area contributed by atoms with Gasteiger partial charge in [0.25, 0.3) is 0 Å². The lowest BCUT2D eigenvalue weighted by atomic mass is 10.3. The van der Waals surface area contributed by atoms with Crippen LogP contribution in [0.4, 0.5) is 0 Å². The average molecular weight is 166 g/mol. The zero-order valence-electron chi connectivity index (χ0n) is 7.96. The van der Waals surface area contributed by atoms with Crippen LogP contribution in [0.2, 0.25) is 0 Å². The summed E-state index contributed by atoms with van der Waals surface area (Å²) in [5.41, 5.74) is 0.579. The minimum Gasteiger partial charge on any atom is -0.496 e. The minimum absolute atomic E-state index is 0.579. The first-order valence-corrected chi connectivity index (χ1v) is 3.61. The standard InChI is InChI=1S/C9H14N2O/c1-8(7-10)9(12-4)5-6-11(2)3/h5-6H,1-4H3. The summed E-state index contributed by atoms with van der Waals surface area (Å²) in [7, 11) is 5.37. The van der Waals surface area contributed by atoms with Crippen LogP contribution in [0.25, 0.3) is 0 Å². The van der Waals surface area contributed by atoms with Crippen molar-refractivity contribution >= 4 is 0 Å². The van der Waals surface area contributed by atoms with E-state index in [1.165, 1.54) is 0 Å². The highest BCUT2D eigenvalue weighted by molar-refractivity contribution is 5.28. The SMILES string of the molecule is COC(C=CN(C)C)=C(C)C#N. The molecule has 0 unspecified atom stereocenters. The maximum atomic E-state index is 8.57. The van der Waals surface area contributed by atoms with Crippen molar-refractivity contribution in [3.8, 4) is 6.07 Å². The zero-order valence-corrected chi connectivity index (χ0v) is 7.96. The second-order valence-corrected chi connectivity index (χ2v) is 2.58. The molecule has 0 amide bonds. The van der Waals surface area contributed by atoms with E-state index < -0.39 is 0 Å². The topological polar surface area (TPSA) is 36.3 Å². The van der Waals surface area contributed by atoms with Gasteiger partial charge in [-0.25, -0.2) is 0 Å². The van der Waals surface area contributed by atoms with Gasteiger partial charge in [0.15, 0.2) is 0 Å². The van der Waals surface area contributed by atoms with Gasteiger partial charge in [-0.05, 0) is 13.0 Å². The Kier molecular flexibility index (Phi) is 4.62. The van der Waals surface area contributed by atoms with Crippen molar-refractivity contribution in [1.29, 1.82) is 5.26 Å². The van der Waals surface area contributed by atoms with Crippen molar-refractivity contribution in [2.75, 3.05) is 21.2 Å². The zero-order chi connectivity index (χ0) is 9.56. The Balaban J connectivity index is 4.51. The number of hydrogen-bond donors (Lipinski definition) is 0. The van der Waals surface area contributed by atoms with Gasteiger partial charge in [0.05, 0.1) is 18.8 Å². The van der Waals surface area contributed by atoms with Crippen LogP contribution in [0.5, 0.6) is 0 Å². The number of methoxy groups -OCH3 is 1. The molecule has 3 nitrogen and oxygen atoms in total. The first-order valence-electron chi connectivity index (χ1n) is 3.61. The normalized spacial score (nSPS) is 12.2. The molecule has 0 aliphatic carbocycles. The molecular weight excluding hydrogens is 152 g/mol. The Hall–Kier alpha value is -1.43. The van der Waals surface area contributed by atoms with Gasteiger partial charge >= 0.3 is 0 Å². The minimum atomic E-state index is 0.579. The fourth-order valence-electron chi connectivity index (χ4n) is 0.618. The summed E-state index contributed by atoms with van der Waals surface area (Å²) in [6, 6.07) is 2.02. The van der Waals surface area contributed by atoms with E-state index in [1.807, 2.05) is 31.3 Å². The summed E-state index contributed by atoms with van der Waals surface area (Å²) in [4.78, 5) is 1.88. The van der Waals surface area contributed by atoms with Gasteiger partial charge in [-0.2, -0.15) is 5.26 Å². The van der Waals surface area contributed by atoms with Gasteiger partial charge < -0.3 is 9.64 Å². The molecular formula is C9H14N2O. The third-order valence-corrected chi connectivity index (χ3v) is 1.28. The number of hydrogen-bond acceptors (Lipinski definition) is 3. The van der Waals surface area contributed by atoms with Crippen LogP contribution in [0.1, 0.15) is 6.92 Å². The van der Waals surface area contributed by atoms with Gasteiger partial charge in [0, 0.05) is 20.3 Å². The quantitative estimate of drug-likeness (QED) is 0.362. The third-order valence-electron chi connectivity index (χ3n) is 1.28. The summed E-state index contributed by atoms with van der Waals surface area (Å²) in [6.07, 6.45) is 3.60. The highest BCUT2D eigenvalue weighted by Gasteiger charge is 1.95. The summed E-state index contributed by atoms with van der Waals surface area (Å²) in [5.74, 6) is 0.603. The van der Waals surface area contributed by atoms with Gasteiger partial charge in [-0.3, -0.25) is 0 Å². The maximum absolute atomic E-state index is 8.57. The molecule has 66 valence electrons. The Morgan fingerprint density at radius 1 is 1.50 bits per heavy atom. The first kappa shape index (κ1) is 10.6. The molecule has 0 aromatic carbocycles. The van der Waals surface area contributed by atoms with Gasteiger partial charge in [-0.1, -0.05) is 0 Å². The smallest absolute Gasteiger partial charge is 0.133 e. The molecule has 0 aliphatic rings. The number of allylic oxidation sites excluding steroid dienone is 2. The van der Waals surface area contributed by atoms with Crippen LogP contribution in [-0.2, 0) is 4.74 Å². The summed E-state index contributed by atoms with van der Waals surface area (Å²) in [6.45, 7) is 1.72. The van der Waals surface area contributed by atoms with E-state index in [0.29, 0.717) is 11.3 Å². The fourth-order valence-corrected chi connectivity index (χ4v) is 0.618. The van der Waals surface area contributed by atoms with Crippen molar-refractivity contribution < 1.29 is 4.74 Å². The van der Waals surface area contributed by atoms with Crippen molar-refractivity contribution in [2.24, 2.45) is 0 Å². The van der Waals surface area contributed by atoms with Crippen LogP contribution < -0.4 is 0 Å². The lowest BCUT2D eigenvalue weighted by Crippen LogP contribution is -2.00. The molecule has 0 N–H and O–H groups in total. The summed E-state index contributed by atoms with van der Waals surface area (Å²) < 4.78 is 5.00. The molecule has 0 spiro atoms. The predicted octanol–water partition coefficient (Wildman–Crippen LogP) is 1.51. The Morgan fingerprint density at radius 3 is 2.42 bits per heavy atom. The number of nitriles is 1. The van der Waals surface area contributed by atoms with Crippen molar-refractivity contribution in [1.82, 2.24) is 4.90 Å². The molecule has 0 rings (SSSR count). The first-order chi connectivity index (χ1) is 5.61. The maximum Gasteiger partial charge on any atom is 0.133 e. The van der Waals surface area contributed by atoms with Gasteiger partial charge in [-0.15, -0.1) is 0 Å². The molecule has 0 fully saturated rings. The van der Waals surface area contributed by atoms with Crippen LogP contribution in [0.3, 0.4) is 0 Å². The van der Waals surface area contributed by atoms with E-state index in [4.69, 9.17) is 10.00 Å². The Labute approximate surface area is 73.5 Å². The van der Waals surface area contributed by atoms with Crippen molar-refractivity contribution in [2.45, 2.75) is 6.92 Å². The molecule has 0 aromatic heterocycles. The summed E-state index contributed by atoms with van der Waals surface area (Å²) in [5, 5.41) is 8.57. The molecule has 3 heteroatoms. The fraction of sp³-hybridized carbons (Fsp3) is 0.444. The number of ether oxygens (including phenoxy) is 1. The lowest BCUT2D eigenvalue weighted by molar-refractivity contribution is 0.302. The second kappa shape index (κ2) is 5.25. The van der Waals surface area contributed by atoms with E-state index in [0.717, 1.165) is 0 Å². The summed E-state index contributed by atoms with van der Waals surface area (Å²) >= 11 is 0. The number of nitrogens with zero attached hydrogens (tertiary/aromatic N) is 2. The number of rotatable bonds is 3. The van der Waals surface area contributed by atoms with E-state index in [9.17, 15) is 0 Å². The monoisotopic (exact) mass is 166 g/mol. The molecule has 0 aromatic rings. The van der Waals surface area contributed by atoms with E-state index in [2.05, 4.69) is 0 Å². The highest BCUT2D eigenvalue weighted by Crippen LogP contribution is 2.05. The van der Waals surface area contributed by atoms with Crippen LogP contribution in [-0.4, -0.2) is 26.1 Å². The predicted molar refractivity (Wildman–Crippen MR) is 48.1 cm³/mol. The van der Waals surface area contributed by atoms with Crippen molar-refractivity contribution in [3.63, 3.8) is 0 Å². The third kappa shape index (κ3) is 3.67. The Morgan fingerprint density at radius 2 is 2.08 bits per heavy atom. The van der Waals surface area contributed by atoms with Crippen LogP contribution in [0.15, 0.2) is 23.6 Å². The highest BCUT2D eigenvalue weighted by atomic mass is 16.5. The van der Waals surface area contributed by atoms with E-state index >= 15 is 0 Å². The molecule has 0 radical (unpaired) electrons. The van der Waals surface area contributed by atoms with Crippen LogP contribution >= 0.6 is 0 Å². The van der Waals surface area contributed by atoms with Gasteiger partial charge in [0.2, 0.25) is 0 Å². The lowest BCUT2D eigenvalue weighted by Gasteiger charge is -2.05. The molecule has 0 heterocycles. The van der Waals surface area contributed by atoms with E-state index in [1.54, 1.807) is 20.1 Å². The molecule has 0 saturated heterocycles. The van der Waals surface area contributed by atoms with E-state index in [-0.39, 0.29) is 0 Å². The molecule has 0 bridgehead atoms. The Bertz CT molecular complexity index is 233. The molecule has 12 heavy (non-hydrogen) atoms. The molecule has 0 atom stereocenters. The second-order valence-electron chi connectivity index (χ2n) is 2.58.